The van der Waals surface area contributed by atoms with Gasteiger partial charge in [0.15, 0.2) is 17.6 Å². The van der Waals surface area contributed by atoms with Gasteiger partial charge in [-0.15, -0.1) is 0 Å². The van der Waals surface area contributed by atoms with Gasteiger partial charge in [0.05, 0.1) is 4.90 Å². The third-order valence-corrected chi connectivity index (χ3v) is 7.25. The first-order valence-electron chi connectivity index (χ1n) is 11.2. The molecule has 1 aliphatic carbocycles. The fourth-order valence-corrected chi connectivity index (χ4v) is 4.94. The highest BCUT2D eigenvalue weighted by Crippen LogP contribution is 2.32. The molecule has 3 atom stereocenters. The molecule has 0 saturated heterocycles. The maximum absolute atomic E-state index is 12.5. The van der Waals surface area contributed by atoms with E-state index in [-0.39, 0.29) is 36.2 Å². The van der Waals surface area contributed by atoms with Crippen molar-refractivity contribution in [3.05, 3.63) is 18.2 Å². The van der Waals surface area contributed by atoms with Gasteiger partial charge >= 0.3 is 5.97 Å². The molecule has 1 fully saturated rings. The molecule has 1 aromatic carbocycles. The first-order chi connectivity index (χ1) is 15.3. The SMILES string of the molecule is CC(OC(=O)CCCNS(=O)(=O)c1ccc2c(c1)OCCO2)C(=O)NC1CCCCC1C. The number of hydrogen-bond acceptors (Lipinski definition) is 7. The van der Waals surface area contributed by atoms with E-state index in [4.69, 9.17) is 14.2 Å². The van der Waals surface area contributed by atoms with Crippen LogP contribution in [-0.2, 0) is 24.3 Å². The Bertz CT molecular complexity index is 919. The number of sulfonamides is 1. The Hall–Kier alpha value is -2.33. The van der Waals surface area contributed by atoms with Gasteiger partial charge < -0.3 is 19.5 Å². The van der Waals surface area contributed by atoms with Crippen LogP contribution in [0.1, 0.15) is 52.4 Å². The molecule has 3 unspecified atom stereocenters. The van der Waals surface area contributed by atoms with Gasteiger partial charge in [-0.2, -0.15) is 0 Å². The lowest BCUT2D eigenvalue weighted by Crippen LogP contribution is -2.46. The molecule has 0 aromatic heterocycles. The summed E-state index contributed by atoms with van der Waals surface area (Å²) in [5.74, 6) is 0.476. The maximum atomic E-state index is 12.5. The molecule has 1 heterocycles. The average Bonchev–Trinajstić information content (AvgIpc) is 2.78. The molecule has 2 N–H and O–H groups in total. The van der Waals surface area contributed by atoms with E-state index >= 15 is 0 Å². The van der Waals surface area contributed by atoms with E-state index in [1.165, 1.54) is 18.6 Å². The fraction of sp³-hybridized carbons (Fsp3) is 0.636. The fourth-order valence-electron chi connectivity index (χ4n) is 3.85. The van der Waals surface area contributed by atoms with Crippen molar-refractivity contribution in [2.75, 3.05) is 19.8 Å². The van der Waals surface area contributed by atoms with Crippen LogP contribution in [0.5, 0.6) is 11.5 Å². The summed E-state index contributed by atoms with van der Waals surface area (Å²) in [5, 5.41) is 2.97. The van der Waals surface area contributed by atoms with Crippen LogP contribution in [0.25, 0.3) is 0 Å². The van der Waals surface area contributed by atoms with Gasteiger partial charge in [0.1, 0.15) is 13.2 Å². The molecule has 32 heavy (non-hydrogen) atoms. The van der Waals surface area contributed by atoms with E-state index in [2.05, 4.69) is 17.0 Å². The normalized spacial score (nSPS) is 21.4. The van der Waals surface area contributed by atoms with Crippen molar-refractivity contribution in [1.29, 1.82) is 0 Å². The van der Waals surface area contributed by atoms with Gasteiger partial charge in [0.2, 0.25) is 10.0 Å². The van der Waals surface area contributed by atoms with Gasteiger partial charge in [-0.05, 0) is 44.2 Å². The second-order valence-corrected chi connectivity index (χ2v) is 10.1. The van der Waals surface area contributed by atoms with Crippen LogP contribution in [-0.4, -0.2) is 52.2 Å². The third kappa shape index (κ3) is 6.59. The summed E-state index contributed by atoms with van der Waals surface area (Å²) in [6.45, 7) is 4.51. The molecule has 0 spiro atoms. The maximum Gasteiger partial charge on any atom is 0.306 e. The van der Waals surface area contributed by atoms with Crippen LogP contribution in [0.15, 0.2) is 23.1 Å². The summed E-state index contributed by atoms with van der Waals surface area (Å²) in [6.07, 6.45) is 3.66. The van der Waals surface area contributed by atoms with E-state index in [1.54, 1.807) is 13.0 Å². The molecule has 2 aliphatic rings. The highest BCUT2D eigenvalue weighted by atomic mass is 32.2. The Labute approximate surface area is 189 Å². The number of rotatable bonds is 9. The molecule has 1 aliphatic heterocycles. The van der Waals surface area contributed by atoms with E-state index in [0.29, 0.717) is 30.6 Å². The standard InChI is InChI=1S/C22H32N2O7S/c1-15-6-3-4-7-18(15)24-22(26)16(2)31-21(25)8-5-11-23-32(27,28)17-9-10-19-20(14-17)30-13-12-29-19/h9-10,14-16,18,23H,3-8,11-13H2,1-2H3,(H,24,26). The van der Waals surface area contributed by atoms with Crippen molar-refractivity contribution in [1.82, 2.24) is 10.0 Å². The van der Waals surface area contributed by atoms with Gasteiger partial charge in [-0.25, -0.2) is 13.1 Å². The average molecular weight is 469 g/mol. The monoisotopic (exact) mass is 468 g/mol. The van der Waals surface area contributed by atoms with Crippen LogP contribution < -0.4 is 19.5 Å². The molecular formula is C22H32N2O7S. The first kappa shape index (κ1) is 24.3. The Morgan fingerprint density at radius 3 is 2.62 bits per heavy atom. The second kappa shape index (κ2) is 11.0. The number of carbonyl (C=O) groups excluding carboxylic acids is 2. The van der Waals surface area contributed by atoms with Crippen molar-refractivity contribution < 1.29 is 32.2 Å². The minimum atomic E-state index is -3.75. The Morgan fingerprint density at radius 1 is 1.16 bits per heavy atom. The number of carbonyl (C=O) groups is 2. The van der Waals surface area contributed by atoms with Gasteiger partial charge in [0.25, 0.3) is 5.91 Å². The molecule has 9 nitrogen and oxygen atoms in total. The lowest BCUT2D eigenvalue weighted by molar-refractivity contribution is -0.155. The molecule has 10 heteroatoms. The van der Waals surface area contributed by atoms with Crippen molar-refractivity contribution in [3.63, 3.8) is 0 Å². The zero-order chi connectivity index (χ0) is 23.1. The summed E-state index contributed by atoms with van der Waals surface area (Å²) in [4.78, 5) is 24.4. The summed E-state index contributed by atoms with van der Waals surface area (Å²) in [5.41, 5.74) is 0. The molecule has 0 bridgehead atoms. The number of nitrogens with one attached hydrogen (secondary N) is 2. The lowest BCUT2D eigenvalue weighted by Gasteiger charge is -2.30. The summed E-state index contributed by atoms with van der Waals surface area (Å²) >= 11 is 0. The van der Waals surface area contributed by atoms with Crippen LogP contribution in [0.2, 0.25) is 0 Å². The minimum Gasteiger partial charge on any atom is -0.486 e. The number of ether oxygens (including phenoxy) is 3. The molecular weight excluding hydrogens is 436 g/mol. The quantitative estimate of drug-likeness (QED) is 0.421. The number of esters is 1. The van der Waals surface area contributed by atoms with E-state index < -0.39 is 22.1 Å². The molecule has 178 valence electrons. The van der Waals surface area contributed by atoms with E-state index in [0.717, 1.165) is 19.3 Å². The van der Waals surface area contributed by atoms with E-state index in [1.807, 2.05) is 0 Å². The van der Waals surface area contributed by atoms with Gasteiger partial charge in [0, 0.05) is 25.1 Å². The van der Waals surface area contributed by atoms with Crippen molar-refractivity contribution in [2.45, 2.75) is 69.4 Å². The topological polar surface area (TPSA) is 120 Å². The predicted molar refractivity (Wildman–Crippen MR) is 117 cm³/mol. The van der Waals surface area contributed by atoms with Crippen molar-refractivity contribution >= 4 is 21.9 Å². The molecule has 3 rings (SSSR count). The minimum absolute atomic E-state index is 0.00110. The summed E-state index contributed by atoms with van der Waals surface area (Å²) in [7, 11) is -3.75. The first-order valence-corrected chi connectivity index (χ1v) is 12.6. The summed E-state index contributed by atoms with van der Waals surface area (Å²) < 4.78 is 43.4. The van der Waals surface area contributed by atoms with Crippen molar-refractivity contribution in [2.24, 2.45) is 5.92 Å². The zero-order valence-electron chi connectivity index (χ0n) is 18.6. The number of amides is 1. The van der Waals surface area contributed by atoms with Crippen molar-refractivity contribution in [3.8, 4) is 11.5 Å². The molecule has 1 saturated carbocycles. The van der Waals surface area contributed by atoms with Crippen LogP contribution in [0.4, 0.5) is 0 Å². The van der Waals surface area contributed by atoms with Crippen LogP contribution in [0, 0.1) is 5.92 Å². The van der Waals surface area contributed by atoms with Crippen LogP contribution >= 0.6 is 0 Å². The number of benzene rings is 1. The smallest absolute Gasteiger partial charge is 0.306 e. The number of hydrogen-bond donors (Lipinski definition) is 2. The molecule has 0 radical (unpaired) electrons. The predicted octanol–water partition coefficient (Wildman–Crippen LogP) is 2.14. The molecule has 1 amide bonds. The van der Waals surface area contributed by atoms with Gasteiger partial charge in [-0.1, -0.05) is 19.8 Å². The largest absolute Gasteiger partial charge is 0.486 e. The van der Waals surface area contributed by atoms with E-state index in [9.17, 15) is 18.0 Å². The van der Waals surface area contributed by atoms with Crippen LogP contribution in [0.3, 0.4) is 0 Å². The highest BCUT2D eigenvalue weighted by Gasteiger charge is 2.26. The highest BCUT2D eigenvalue weighted by molar-refractivity contribution is 7.89. The lowest BCUT2D eigenvalue weighted by atomic mass is 9.86. The Balaban J connectivity index is 1.39. The second-order valence-electron chi connectivity index (χ2n) is 8.32. The summed E-state index contributed by atoms with van der Waals surface area (Å²) in [6, 6.07) is 4.53. The van der Waals surface area contributed by atoms with Gasteiger partial charge in [-0.3, -0.25) is 9.59 Å². The Morgan fingerprint density at radius 2 is 1.88 bits per heavy atom. The Kier molecular flexibility index (Phi) is 8.36. The third-order valence-electron chi connectivity index (χ3n) is 5.79. The zero-order valence-corrected chi connectivity index (χ0v) is 19.4. The molecule has 1 aromatic rings. The number of fused-ring (bicyclic) bond motifs is 1.